The number of aromatic nitrogens is 2. The third-order valence-electron chi connectivity index (χ3n) is 5.35. The van der Waals surface area contributed by atoms with Crippen molar-refractivity contribution in [2.24, 2.45) is 0 Å². The van der Waals surface area contributed by atoms with Gasteiger partial charge in [-0.05, 0) is 56.5 Å². The molecule has 1 unspecified atom stereocenters. The van der Waals surface area contributed by atoms with Crippen molar-refractivity contribution in [3.8, 4) is 0 Å². The Balaban J connectivity index is 1.54. The first-order chi connectivity index (χ1) is 13.5. The summed E-state index contributed by atoms with van der Waals surface area (Å²) in [6.07, 6.45) is 5.62. The first-order valence-corrected chi connectivity index (χ1v) is 10.4. The summed E-state index contributed by atoms with van der Waals surface area (Å²) in [5.41, 5.74) is 0.494. The van der Waals surface area contributed by atoms with E-state index in [1.807, 2.05) is 24.3 Å². The molecule has 148 valence electrons. The average Bonchev–Trinajstić information content (AvgIpc) is 3.36. The molecule has 2 heterocycles. The van der Waals surface area contributed by atoms with Gasteiger partial charge in [0, 0.05) is 23.3 Å². The Kier molecular flexibility index (Phi) is 5.50. The zero-order valence-corrected chi connectivity index (χ0v) is 17.1. The molecule has 8 heteroatoms. The monoisotopic (exact) mass is 446 g/mol. The quantitative estimate of drug-likeness (QED) is 0.710. The van der Waals surface area contributed by atoms with Gasteiger partial charge in [0.1, 0.15) is 6.04 Å². The molecular weight excluding hydrogens is 424 g/mol. The number of carbonyl (C=O) groups excluding carboxylic acids is 1. The number of rotatable bonds is 6. The first kappa shape index (κ1) is 19.1. The van der Waals surface area contributed by atoms with Crippen molar-refractivity contribution in [1.29, 1.82) is 0 Å². The molecule has 2 fully saturated rings. The third kappa shape index (κ3) is 4.12. The number of aromatic amines is 1. The second-order valence-corrected chi connectivity index (χ2v) is 8.39. The van der Waals surface area contributed by atoms with E-state index in [1.165, 1.54) is 0 Å². The van der Waals surface area contributed by atoms with E-state index in [0.717, 1.165) is 48.8 Å². The van der Waals surface area contributed by atoms with E-state index in [1.54, 1.807) is 10.8 Å². The summed E-state index contributed by atoms with van der Waals surface area (Å²) in [5.74, 6) is -0.136. The van der Waals surface area contributed by atoms with Crippen LogP contribution in [0.15, 0.2) is 44.5 Å². The molecule has 4 rings (SSSR count). The molecule has 1 atom stereocenters. The summed E-state index contributed by atoms with van der Waals surface area (Å²) in [6.45, 7) is 1.84. The highest BCUT2D eigenvalue weighted by Crippen LogP contribution is 2.33. The lowest BCUT2D eigenvalue weighted by Crippen LogP contribution is -2.40. The Hall–Kier alpha value is -2.19. The minimum absolute atomic E-state index is 0.0967. The zero-order chi connectivity index (χ0) is 19.7. The van der Waals surface area contributed by atoms with Crippen LogP contribution in [0.1, 0.15) is 48.9 Å². The molecule has 2 aliphatic rings. The Morgan fingerprint density at radius 1 is 1.25 bits per heavy atom. The molecule has 7 nitrogen and oxygen atoms in total. The van der Waals surface area contributed by atoms with Crippen molar-refractivity contribution in [3.05, 3.63) is 66.9 Å². The fourth-order valence-corrected chi connectivity index (χ4v) is 4.18. The third-order valence-corrected chi connectivity index (χ3v) is 5.85. The molecule has 1 aliphatic heterocycles. The summed E-state index contributed by atoms with van der Waals surface area (Å²) in [5, 5.41) is 2.91. The maximum absolute atomic E-state index is 13.1. The van der Waals surface area contributed by atoms with Crippen LogP contribution in [0.5, 0.6) is 0 Å². The number of likely N-dealkylation sites (tertiary alicyclic amines) is 1. The summed E-state index contributed by atoms with van der Waals surface area (Å²) in [7, 11) is 0. The lowest BCUT2D eigenvalue weighted by atomic mass is 10.0. The van der Waals surface area contributed by atoms with Gasteiger partial charge in [-0.15, -0.1) is 0 Å². The van der Waals surface area contributed by atoms with Crippen LogP contribution in [0.25, 0.3) is 0 Å². The predicted octanol–water partition coefficient (Wildman–Crippen LogP) is 2.09. The highest BCUT2D eigenvalue weighted by molar-refractivity contribution is 9.10. The number of amides is 1. The van der Waals surface area contributed by atoms with Crippen LogP contribution in [0, 0.1) is 0 Å². The number of carbonyl (C=O) groups is 1. The van der Waals surface area contributed by atoms with E-state index in [0.29, 0.717) is 5.56 Å². The van der Waals surface area contributed by atoms with E-state index in [9.17, 15) is 14.4 Å². The molecule has 1 saturated carbocycles. The minimum Gasteiger partial charge on any atom is -0.350 e. The van der Waals surface area contributed by atoms with E-state index >= 15 is 0 Å². The van der Waals surface area contributed by atoms with E-state index < -0.39 is 11.6 Å². The second kappa shape index (κ2) is 8.05. The normalized spacial score (nSPS) is 18.2. The van der Waals surface area contributed by atoms with Crippen molar-refractivity contribution in [2.45, 2.75) is 44.3 Å². The smallest absolute Gasteiger partial charge is 0.328 e. The SMILES string of the molecule is O=C(NCc1cn(C2CC2)c(=O)[nH]c1=O)C(c1cccc(Br)c1)N1CCCC1. The molecule has 28 heavy (non-hydrogen) atoms. The van der Waals surface area contributed by atoms with Gasteiger partial charge in [-0.3, -0.25) is 24.0 Å². The number of nitrogens with zero attached hydrogens (tertiary/aromatic N) is 2. The van der Waals surface area contributed by atoms with Crippen LogP contribution in [-0.2, 0) is 11.3 Å². The molecule has 2 N–H and O–H groups in total. The molecule has 0 radical (unpaired) electrons. The Bertz CT molecular complexity index is 989. The van der Waals surface area contributed by atoms with Crippen LogP contribution >= 0.6 is 15.9 Å². The minimum atomic E-state index is -0.442. The molecule has 0 bridgehead atoms. The van der Waals surface area contributed by atoms with E-state index in [4.69, 9.17) is 0 Å². The number of halogens is 1. The Labute approximate surface area is 170 Å². The average molecular weight is 447 g/mol. The summed E-state index contributed by atoms with van der Waals surface area (Å²) < 4.78 is 2.49. The topological polar surface area (TPSA) is 87.2 Å². The summed E-state index contributed by atoms with van der Waals surface area (Å²) in [6, 6.07) is 7.54. The number of H-pyrrole nitrogens is 1. The van der Waals surface area contributed by atoms with Gasteiger partial charge in [0.25, 0.3) is 5.56 Å². The highest BCUT2D eigenvalue weighted by Gasteiger charge is 2.30. The fraction of sp³-hybridized carbons (Fsp3) is 0.450. The van der Waals surface area contributed by atoms with Crippen LogP contribution in [0.3, 0.4) is 0 Å². The van der Waals surface area contributed by atoms with Gasteiger partial charge in [-0.25, -0.2) is 4.79 Å². The molecule has 1 aromatic carbocycles. The van der Waals surface area contributed by atoms with E-state index in [-0.39, 0.29) is 24.2 Å². The summed E-state index contributed by atoms with van der Waals surface area (Å²) in [4.78, 5) is 41.7. The molecule has 1 aliphatic carbocycles. The van der Waals surface area contributed by atoms with Gasteiger partial charge in [0.05, 0.1) is 5.56 Å². The van der Waals surface area contributed by atoms with Crippen molar-refractivity contribution < 1.29 is 4.79 Å². The molecule has 1 amide bonds. The van der Waals surface area contributed by atoms with Gasteiger partial charge in [0.15, 0.2) is 0 Å². The van der Waals surface area contributed by atoms with Crippen LogP contribution < -0.4 is 16.6 Å². The van der Waals surface area contributed by atoms with Gasteiger partial charge in [-0.1, -0.05) is 28.1 Å². The molecular formula is C20H23BrN4O3. The summed E-state index contributed by atoms with van der Waals surface area (Å²) >= 11 is 3.48. The fourth-order valence-electron chi connectivity index (χ4n) is 3.76. The number of hydrogen-bond acceptors (Lipinski definition) is 4. The van der Waals surface area contributed by atoms with Crippen molar-refractivity contribution >= 4 is 21.8 Å². The van der Waals surface area contributed by atoms with Crippen LogP contribution in [0.4, 0.5) is 0 Å². The highest BCUT2D eigenvalue weighted by atomic mass is 79.9. The standard InChI is InChI=1S/C20H23BrN4O3/c21-15-5-3-4-13(10-15)17(24-8-1-2-9-24)19(27)22-11-14-12-25(16-6-7-16)20(28)23-18(14)26/h3-5,10,12,16-17H,1-2,6-9,11H2,(H,22,27)(H,23,26,28). The van der Waals surface area contributed by atoms with Gasteiger partial charge in [0.2, 0.25) is 5.91 Å². The van der Waals surface area contributed by atoms with Gasteiger partial charge >= 0.3 is 5.69 Å². The molecule has 1 aromatic heterocycles. The largest absolute Gasteiger partial charge is 0.350 e. The van der Waals surface area contributed by atoms with Gasteiger partial charge in [-0.2, -0.15) is 0 Å². The molecule has 0 spiro atoms. The Morgan fingerprint density at radius 2 is 2.00 bits per heavy atom. The van der Waals surface area contributed by atoms with Gasteiger partial charge < -0.3 is 5.32 Å². The lowest BCUT2D eigenvalue weighted by molar-refractivity contribution is -0.126. The van der Waals surface area contributed by atoms with Crippen molar-refractivity contribution in [1.82, 2.24) is 19.8 Å². The van der Waals surface area contributed by atoms with Crippen LogP contribution in [0.2, 0.25) is 0 Å². The maximum Gasteiger partial charge on any atom is 0.328 e. The second-order valence-electron chi connectivity index (χ2n) is 7.47. The Morgan fingerprint density at radius 3 is 2.68 bits per heavy atom. The first-order valence-electron chi connectivity index (χ1n) is 9.64. The van der Waals surface area contributed by atoms with E-state index in [2.05, 4.69) is 31.1 Å². The lowest BCUT2D eigenvalue weighted by Gasteiger charge is -2.27. The number of hydrogen-bond donors (Lipinski definition) is 2. The zero-order valence-electron chi connectivity index (χ0n) is 15.5. The van der Waals surface area contributed by atoms with Crippen molar-refractivity contribution in [3.63, 3.8) is 0 Å². The van der Waals surface area contributed by atoms with Crippen LogP contribution in [-0.4, -0.2) is 33.4 Å². The predicted molar refractivity (Wildman–Crippen MR) is 109 cm³/mol. The maximum atomic E-state index is 13.1. The number of nitrogens with one attached hydrogen (secondary N) is 2. The molecule has 2 aromatic rings. The molecule has 1 saturated heterocycles. The van der Waals surface area contributed by atoms with Crippen molar-refractivity contribution in [2.75, 3.05) is 13.1 Å². The number of benzene rings is 1.